The van der Waals surface area contributed by atoms with Crippen molar-refractivity contribution in [2.75, 3.05) is 11.9 Å². The molecule has 6 heteroatoms. The Labute approximate surface area is 170 Å². The highest BCUT2D eigenvalue weighted by molar-refractivity contribution is 7.90. The van der Waals surface area contributed by atoms with Crippen LogP contribution in [0, 0.1) is 5.92 Å². The standard InChI is InChI=1S/C22H36N2O3S/c1-22(2,3)28(25,26)24-19-10-8-17(9-11-19)16-23-18-12-14-21(15-13-18)27-20-6-4-5-7-20/h12-15,17,19-20,23-24H,4-11,16H2,1-3H3/t17-,19-. The Kier molecular flexibility index (Phi) is 6.92. The highest BCUT2D eigenvalue weighted by Gasteiger charge is 2.32. The van der Waals surface area contributed by atoms with Gasteiger partial charge in [0.1, 0.15) is 5.75 Å². The zero-order valence-electron chi connectivity index (χ0n) is 17.5. The first-order valence-electron chi connectivity index (χ1n) is 10.8. The summed E-state index contributed by atoms with van der Waals surface area (Å²) in [5, 5.41) is 3.53. The van der Waals surface area contributed by atoms with Crippen molar-refractivity contribution in [3.63, 3.8) is 0 Å². The second kappa shape index (κ2) is 9.04. The fourth-order valence-electron chi connectivity index (χ4n) is 3.99. The fourth-order valence-corrected chi connectivity index (χ4v) is 5.02. The van der Waals surface area contributed by atoms with E-state index in [1.54, 1.807) is 20.8 Å². The molecule has 2 N–H and O–H groups in total. The maximum absolute atomic E-state index is 12.3. The maximum atomic E-state index is 12.3. The molecule has 0 aliphatic heterocycles. The van der Waals surface area contributed by atoms with Gasteiger partial charge < -0.3 is 10.1 Å². The Hall–Kier alpha value is -1.27. The lowest BCUT2D eigenvalue weighted by atomic mass is 9.86. The summed E-state index contributed by atoms with van der Waals surface area (Å²) < 4.78 is 32.8. The predicted octanol–water partition coefficient (Wildman–Crippen LogP) is 4.70. The number of ether oxygens (including phenoxy) is 1. The second-order valence-electron chi connectivity index (χ2n) is 9.38. The number of nitrogens with one attached hydrogen (secondary N) is 2. The van der Waals surface area contributed by atoms with Gasteiger partial charge in [0.05, 0.1) is 10.9 Å². The molecule has 3 rings (SSSR count). The van der Waals surface area contributed by atoms with Crippen LogP contribution in [0.25, 0.3) is 0 Å². The normalized spacial score (nSPS) is 24.2. The molecule has 2 aliphatic carbocycles. The minimum atomic E-state index is -3.26. The van der Waals surface area contributed by atoms with E-state index in [2.05, 4.69) is 34.3 Å². The SMILES string of the molecule is CC(C)(C)S(=O)(=O)N[C@H]1CC[C@H](CNc2ccc(OC3CCCC3)cc2)CC1. The molecule has 0 aromatic heterocycles. The molecule has 0 bridgehead atoms. The summed E-state index contributed by atoms with van der Waals surface area (Å²) in [4.78, 5) is 0. The second-order valence-corrected chi connectivity index (χ2v) is 11.8. The van der Waals surface area contributed by atoms with Gasteiger partial charge in [-0.3, -0.25) is 0 Å². The number of hydrogen-bond acceptors (Lipinski definition) is 4. The van der Waals surface area contributed by atoms with Crippen LogP contribution in [0.1, 0.15) is 72.1 Å². The van der Waals surface area contributed by atoms with Crippen LogP contribution < -0.4 is 14.8 Å². The molecule has 1 aromatic carbocycles. The highest BCUT2D eigenvalue weighted by Crippen LogP contribution is 2.28. The smallest absolute Gasteiger partial charge is 0.216 e. The molecule has 0 radical (unpaired) electrons. The van der Waals surface area contributed by atoms with Crippen molar-refractivity contribution in [3.05, 3.63) is 24.3 Å². The zero-order chi connectivity index (χ0) is 20.2. The van der Waals surface area contributed by atoms with Crippen LogP contribution in [-0.2, 0) is 10.0 Å². The molecule has 0 spiro atoms. The van der Waals surface area contributed by atoms with E-state index in [9.17, 15) is 8.42 Å². The Balaban J connectivity index is 1.39. The van der Waals surface area contributed by atoms with E-state index in [0.29, 0.717) is 12.0 Å². The van der Waals surface area contributed by atoms with Gasteiger partial charge in [-0.2, -0.15) is 0 Å². The Morgan fingerprint density at radius 2 is 1.57 bits per heavy atom. The summed E-state index contributed by atoms with van der Waals surface area (Å²) in [5.74, 6) is 1.55. The number of rotatable bonds is 7. The quantitative estimate of drug-likeness (QED) is 0.686. The molecule has 2 aliphatic rings. The third-order valence-corrected chi connectivity index (χ3v) is 8.28. The molecule has 28 heavy (non-hydrogen) atoms. The Morgan fingerprint density at radius 1 is 0.964 bits per heavy atom. The van der Waals surface area contributed by atoms with E-state index in [-0.39, 0.29) is 6.04 Å². The van der Waals surface area contributed by atoms with Gasteiger partial charge in [0, 0.05) is 18.3 Å². The van der Waals surface area contributed by atoms with Gasteiger partial charge >= 0.3 is 0 Å². The summed E-state index contributed by atoms with van der Waals surface area (Å²) in [5.41, 5.74) is 1.12. The van der Waals surface area contributed by atoms with Crippen molar-refractivity contribution in [1.82, 2.24) is 4.72 Å². The average Bonchev–Trinajstić information content (AvgIpc) is 3.14. The van der Waals surface area contributed by atoms with Crippen molar-refractivity contribution >= 4 is 15.7 Å². The first kappa shape index (κ1) is 21.4. The average molecular weight is 409 g/mol. The minimum Gasteiger partial charge on any atom is -0.490 e. The minimum absolute atomic E-state index is 0.0764. The molecule has 0 amide bonds. The topological polar surface area (TPSA) is 67.4 Å². The van der Waals surface area contributed by atoms with Crippen molar-refractivity contribution in [1.29, 1.82) is 0 Å². The van der Waals surface area contributed by atoms with Gasteiger partial charge in [0.25, 0.3) is 0 Å². The largest absolute Gasteiger partial charge is 0.490 e. The van der Waals surface area contributed by atoms with E-state index in [0.717, 1.165) is 43.7 Å². The van der Waals surface area contributed by atoms with E-state index in [1.807, 2.05) is 0 Å². The number of hydrogen-bond donors (Lipinski definition) is 2. The van der Waals surface area contributed by atoms with Gasteiger partial charge in [-0.15, -0.1) is 0 Å². The zero-order valence-corrected chi connectivity index (χ0v) is 18.4. The Morgan fingerprint density at radius 3 is 2.14 bits per heavy atom. The third kappa shape index (κ3) is 5.86. The van der Waals surface area contributed by atoms with Crippen LogP contribution in [0.15, 0.2) is 24.3 Å². The number of benzene rings is 1. The van der Waals surface area contributed by atoms with Crippen molar-refractivity contribution in [2.24, 2.45) is 5.92 Å². The van der Waals surface area contributed by atoms with Crippen LogP contribution >= 0.6 is 0 Å². The molecule has 1 aromatic rings. The highest BCUT2D eigenvalue weighted by atomic mass is 32.2. The van der Waals surface area contributed by atoms with Gasteiger partial charge in [-0.1, -0.05) is 0 Å². The lowest BCUT2D eigenvalue weighted by Crippen LogP contribution is -2.46. The van der Waals surface area contributed by atoms with Crippen molar-refractivity contribution < 1.29 is 13.2 Å². The molecule has 158 valence electrons. The first-order chi connectivity index (χ1) is 13.2. The van der Waals surface area contributed by atoms with Crippen molar-refractivity contribution in [3.8, 4) is 5.75 Å². The van der Waals surface area contributed by atoms with E-state index < -0.39 is 14.8 Å². The first-order valence-corrected chi connectivity index (χ1v) is 12.2. The summed E-state index contributed by atoms with van der Waals surface area (Å²) >= 11 is 0. The van der Waals surface area contributed by atoms with Gasteiger partial charge in [0.2, 0.25) is 10.0 Å². The van der Waals surface area contributed by atoms with Crippen LogP contribution in [0.3, 0.4) is 0 Å². The van der Waals surface area contributed by atoms with Gasteiger partial charge in [0.15, 0.2) is 0 Å². The maximum Gasteiger partial charge on any atom is 0.216 e. The van der Waals surface area contributed by atoms with E-state index in [4.69, 9.17) is 4.74 Å². The summed E-state index contributed by atoms with van der Waals surface area (Å²) in [6, 6.07) is 8.37. The van der Waals surface area contributed by atoms with E-state index in [1.165, 1.54) is 25.7 Å². The van der Waals surface area contributed by atoms with Crippen LogP contribution in [0.4, 0.5) is 5.69 Å². The molecule has 0 atom stereocenters. The van der Waals surface area contributed by atoms with Crippen molar-refractivity contribution in [2.45, 2.75) is 89.0 Å². The molecule has 2 saturated carbocycles. The summed E-state index contributed by atoms with van der Waals surface area (Å²) in [6.45, 7) is 6.17. The molecule has 2 fully saturated rings. The van der Waals surface area contributed by atoms with Gasteiger partial charge in [-0.25, -0.2) is 13.1 Å². The van der Waals surface area contributed by atoms with Gasteiger partial charge in [-0.05, 0) is 102 Å². The molecule has 0 unspecified atom stereocenters. The fraction of sp³-hybridized carbons (Fsp3) is 0.727. The van der Waals surface area contributed by atoms with Crippen LogP contribution in [0.2, 0.25) is 0 Å². The summed E-state index contributed by atoms with van der Waals surface area (Å²) in [7, 11) is -3.26. The predicted molar refractivity (Wildman–Crippen MR) is 115 cm³/mol. The van der Waals surface area contributed by atoms with Crippen LogP contribution in [-0.4, -0.2) is 31.9 Å². The molecular weight excluding hydrogens is 372 g/mol. The van der Waals surface area contributed by atoms with E-state index >= 15 is 0 Å². The van der Waals surface area contributed by atoms with Crippen LogP contribution in [0.5, 0.6) is 5.75 Å². The lowest BCUT2D eigenvalue weighted by molar-refractivity contribution is 0.210. The third-order valence-electron chi connectivity index (χ3n) is 6.03. The molecule has 0 heterocycles. The lowest BCUT2D eigenvalue weighted by Gasteiger charge is -2.31. The monoisotopic (exact) mass is 408 g/mol. The molecule has 5 nitrogen and oxygen atoms in total. The molecular formula is C22H36N2O3S. The Bertz CT molecular complexity index is 711. The summed E-state index contributed by atoms with van der Waals surface area (Å²) in [6.07, 6.45) is 9.23. The number of anilines is 1. The molecule has 0 saturated heterocycles. The number of sulfonamides is 1.